The van der Waals surface area contributed by atoms with E-state index in [2.05, 4.69) is 12.2 Å². The lowest BCUT2D eigenvalue weighted by atomic mass is 9.91. The van der Waals surface area contributed by atoms with Crippen LogP contribution in [0.25, 0.3) is 0 Å². The summed E-state index contributed by atoms with van der Waals surface area (Å²) in [5.74, 6) is 1.33. The highest BCUT2D eigenvalue weighted by Gasteiger charge is 2.24. The predicted octanol–water partition coefficient (Wildman–Crippen LogP) is 4.25. The van der Waals surface area contributed by atoms with Crippen LogP contribution in [0.5, 0.6) is 0 Å². The average Bonchev–Trinajstić information content (AvgIpc) is 3.10. The third-order valence-electron chi connectivity index (χ3n) is 4.05. The van der Waals surface area contributed by atoms with Crippen LogP contribution < -0.4 is 0 Å². The standard InChI is InChI=1S/C16H26O2/c17-16(13-15-10-11-15)18-12-6-9-14-7-4-2-1-3-5-8-14/h6,9,14-15H,1-5,7-8,10-13H2/b9-6+. The molecule has 0 spiro atoms. The number of rotatable bonds is 5. The lowest BCUT2D eigenvalue weighted by Crippen LogP contribution is -2.06. The van der Waals surface area contributed by atoms with E-state index in [1.54, 1.807) is 0 Å². The Morgan fingerprint density at radius 3 is 2.33 bits per heavy atom. The second-order valence-corrected chi connectivity index (χ2v) is 5.86. The normalized spacial score (nSPS) is 22.7. The minimum atomic E-state index is -0.0141. The first-order valence-electron chi connectivity index (χ1n) is 7.67. The van der Waals surface area contributed by atoms with Crippen molar-refractivity contribution < 1.29 is 9.53 Å². The van der Waals surface area contributed by atoms with Crippen molar-refractivity contribution >= 4 is 5.97 Å². The van der Waals surface area contributed by atoms with E-state index in [9.17, 15) is 4.79 Å². The Morgan fingerprint density at radius 1 is 1.00 bits per heavy atom. The summed E-state index contributed by atoms with van der Waals surface area (Å²) in [5.41, 5.74) is 0. The summed E-state index contributed by atoms with van der Waals surface area (Å²) >= 11 is 0. The highest BCUT2D eigenvalue weighted by Crippen LogP contribution is 2.32. The molecule has 0 heterocycles. The summed E-state index contributed by atoms with van der Waals surface area (Å²) in [6, 6.07) is 0. The maximum absolute atomic E-state index is 11.4. The molecule has 0 amide bonds. The van der Waals surface area contributed by atoms with Crippen LogP contribution in [0.4, 0.5) is 0 Å². The number of ether oxygens (including phenoxy) is 1. The first-order chi connectivity index (χ1) is 8.84. The van der Waals surface area contributed by atoms with E-state index in [1.165, 1.54) is 57.8 Å². The van der Waals surface area contributed by atoms with Crippen LogP contribution in [0.3, 0.4) is 0 Å². The smallest absolute Gasteiger partial charge is 0.306 e. The number of allylic oxidation sites excluding steroid dienone is 1. The Balaban J connectivity index is 1.58. The minimum Gasteiger partial charge on any atom is -0.461 e. The number of hydrogen-bond donors (Lipinski definition) is 0. The minimum absolute atomic E-state index is 0.0141. The van der Waals surface area contributed by atoms with Crippen LogP contribution in [0, 0.1) is 11.8 Å². The third-order valence-corrected chi connectivity index (χ3v) is 4.05. The summed E-state index contributed by atoms with van der Waals surface area (Å²) in [7, 11) is 0. The molecule has 2 heteroatoms. The largest absolute Gasteiger partial charge is 0.461 e. The van der Waals surface area contributed by atoms with Gasteiger partial charge in [0, 0.05) is 6.42 Å². The van der Waals surface area contributed by atoms with Gasteiger partial charge in [-0.2, -0.15) is 0 Å². The molecule has 0 radical (unpaired) electrons. The second kappa shape index (κ2) is 7.60. The van der Waals surface area contributed by atoms with Gasteiger partial charge in [0.15, 0.2) is 0 Å². The van der Waals surface area contributed by atoms with Crippen molar-refractivity contribution in [2.75, 3.05) is 6.61 Å². The van der Waals surface area contributed by atoms with Gasteiger partial charge in [-0.15, -0.1) is 0 Å². The lowest BCUT2D eigenvalue weighted by molar-refractivity contribution is -0.142. The zero-order chi connectivity index (χ0) is 12.6. The molecule has 2 aliphatic carbocycles. The predicted molar refractivity (Wildman–Crippen MR) is 73.2 cm³/mol. The molecule has 0 atom stereocenters. The van der Waals surface area contributed by atoms with Gasteiger partial charge in [-0.05, 0) is 37.5 Å². The van der Waals surface area contributed by atoms with Crippen molar-refractivity contribution in [2.45, 2.75) is 64.2 Å². The number of esters is 1. The van der Waals surface area contributed by atoms with Gasteiger partial charge >= 0.3 is 5.97 Å². The molecule has 0 saturated heterocycles. The summed E-state index contributed by atoms with van der Waals surface area (Å²) in [6.07, 6.45) is 16.9. The molecule has 2 fully saturated rings. The molecule has 2 saturated carbocycles. The summed E-state index contributed by atoms with van der Waals surface area (Å²) in [4.78, 5) is 11.4. The molecule has 2 rings (SSSR count). The monoisotopic (exact) mass is 250 g/mol. The zero-order valence-electron chi connectivity index (χ0n) is 11.4. The average molecular weight is 250 g/mol. The van der Waals surface area contributed by atoms with E-state index in [0.29, 0.717) is 24.9 Å². The SMILES string of the molecule is O=C(CC1CC1)OC/C=C/C1CCCCCCC1. The van der Waals surface area contributed by atoms with Crippen molar-refractivity contribution in [1.82, 2.24) is 0 Å². The van der Waals surface area contributed by atoms with Crippen LogP contribution in [0.15, 0.2) is 12.2 Å². The van der Waals surface area contributed by atoms with Crippen LogP contribution in [0.1, 0.15) is 64.2 Å². The quantitative estimate of drug-likeness (QED) is 0.538. The van der Waals surface area contributed by atoms with E-state index in [1.807, 2.05) is 0 Å². The fourth-order valence-corrected chi connectivity index (χ4v) is 2.69. The Bertz CT molecular complexity index is 271. The van der Waals surface area contributed by atoms with Crippen LogP contribution in [-0.4, -0.2) is 12.6 Å². The Labute approximate surface area is 111 Å². The molecule has 0 aromatic rings. The maximum Gasteiger partial charge on any atom is 0.306 e. The van der Waals surface area contributed by atoms with Crippen molar-refractivity contribution in [3.8, 4) is 0 Å². The zero-order valence-corrected chi connectivity index (χ0v) is 11.4. The van der Waals surface area contributed by atoms with E-state index in [4.69, 9.17) is 4.74 Å². The molecular weight excluding hydrogens is 224 g/mol. The van der Waals surface area contributed by atoms with Gasteiger partial charge in [-0.1, -0.05) is 44.3 Å². The summed E-state index contributed by atoms with van der Waals surface area (Å²) < 4.78 is 5.21. The highest BCUT2D eigenvalue weighted by atomic mass is 16.5. The molecule has 102 valence electrons. The third kappa shape index (κ3) is 5.70. The van der Waals surface area contributed by atoms with Crippen molar-refractivity contribution in [2.24, 2.45) is 11.8 Å². The molecular formula is C16H26O2. The number of hydrogen-bond acceptors (Lipinski definition) is 2. The molecule has 0 unspecified atom stereocenters. The first-order valence-corrected chi connectivity index (χ1v) is 7.67. The first kappa shape index (κ1) is 13.6. The molecule has 2 aliphatic rings. The van der Waals surface area contributed by atoms with Crippen LogP contribution >= 0.6 is 0 Å². The van der Waals surface area contributed by atoms with Gasteiger partial charge in [0.1, 0.15) is 6.61 Å². The molecule has 18 heavy (non-hydrogen) atoms. The van der Waals surface area contributed by atoms with Crippen molar-refractivity contribution in [3.05, 3.63) is 12.2 Å². The molecule has 0 bridgehead atoms. The van der Waals surface area contributed by atoms with E-state index >= 15 is 0 Å². The molecule has 0 aliphatic heterocycles. The van der Waals surface area contributed by atoms with Crippen LogP contribution in [-0.2, 0) is 9.53 Å². The van der Waals surface area contributed by atoms with Gasteiger partial charge in [-0.25, -0.2) is 0 Å². The molecule has 0 N–H and O–H groups in total. The Hall–Kier alpha value is -0.790. The molecule has 2 nitrogen and oxygen atoms in total. The van der Waals surface area contributed by atoms with E-state index in [0.717, 1.165) is 0 Å². The van der Waals surface area contributed by atoms with Gasteiger partial charge in [-0.3, -0.25) is 4.79 Å². The summed E-state index contributed by atoms with van der Waals surface area (Å²) in [5, 5.41) is 0. The van der Waals surface area contributed by atoms with Gasteiger partial charge in [0.05, 0.1) is 0 Å². The number of carbonyl (C=O) groups excluding carboxylic acids is 1. The van der Waals surface area contributed by atoms with E-state index in [-0.39, 0.29) is 5.97 Å². The maximum atomic E-state index is 11.4. The Kier molecular flexibility index (Phi) is 5.76. The topological polar surface area (TPSA) is 26.3 Å². The van der Waals surface area contributed by atoms with Gasteiger partial charge < -0.3 is 4.74 Å². The lowest BCUT2D eigenvalue weighted by Gasteiger charge is -2.15. The fourth-order valence-electron chi connectivity index (χ4n) is 2.69. The van der Waals surface area contributed by atoms with E-state index < -0.39 is 0 Å². The molecule has 0 aromatic heterocycles. The van der Waals surface area contributed by atoms with Crippen LogP contribution in [0.2, 0.25) is 0 Å². The number of carbonyl (C=O) groups is 1. The summed E-state index contributed by atoms with van der Waals surface area (Å²) in [6.45, 7) is 0.474. The Morgan fingerprint density at radius 2 is 1.67 bits per heavy atom. The fraction of sp³-hybridized carbons (Fsp3) is 0.812. The highest BCUT2D eigenvalue weighted by molar-refractivity contribution is 5.70. The second-order valence-electron chi connectivity index (χ2n) is 5.86. The van der Waals surface area contributed by atoms with Crippen molar-refractivity contribution in [1.29, 1.82) is 0 Å². The van der Waals surface area contributed by atoms with Gasteiger partial charge in [0.2, 0.25) is 0 Å². The van der Waals surface area contributed by atoms with Crippen molar-refractivity contribution in [3.63, 3.8) is 0 Å². The van der Waals surface area contributed by atoms with Gasteiger partial charge in [0.25, 0.3) is 0 Å². The molecule has 0 aromatic carbocycles.